The number of benzene rings is 1. The maximum Gasteiger partial charge on any atom is 0.259 e. The van der Waals surface area contributed by atoms with Gasteiger partial charge in [0.2, 0.25) is 0 Å². The van der Waals surface area contributed by atoms with Crippen LogP contribution in [0.4, 0.5) is 11.5 Å². The molecule has 0 saturated heterocycles. The first-order chi connectivity index (χ1) is 8.58. The summed E-state index contributed by atoms with van der Waals surface area (Å²) in [5.74, 6) is -0.0470. The Balaban J connectivity index is 2.22. The summed E-state index contributed by atoms with van der Waals surface area (Å²) in [7, 11) is 0. The van der Waals surface area contributed by atoms with E-state index in [1.54, 1.807) is 18.2 Å². The van der Waals surface area contributed by atoms with E-state index in [1.165, 1.54) is 12.4 Å². The highest BCUT2D eigenvalue weighted by Crippen LogP contribution is 2.23. The van der Waals surface area contributed by atoms with E-state index in [4.69, 9.17) is 17.3 Å². The van der Waals surface area contributed by atoms with Crippen LogP contribution in [0, 0.1) is 0 Å². The zero-order valence-corrected chi connectivity index (χ0v) is 11.4. The van der Waals surface area contributed by atoms with Gasteiger partial charge >= 0.3 is 0 Å². The number of rotatable bonds is 2. The number of carbonyl (C=O) groups excluding carboxylic acids is 1. The monoisotopic (exact) mass is 326 g/mol. The number of nitrogens with two attached hydrogens (primary N) is 1. The number of amides is 1. The molecule has 18 heavy (non-hydrogen) atoms. The van der Waals surface area contributed by atoms with Crippen LogP contribution < -0.4 is 11.1 Å². The van der Waals surface area contributed by atoms with Gasteiger partial charge in [0.25, 0.3) is 5.91 Å². The minimum Gasteiger partial charge on any atom is -0.397 e. The third-order valence-corrected chi connectivity index (χ3v) is 2.90. The minimum absolute atomic E-state index is 0.238. The van der Waals surface area contributed by atoms with Crippen molar-refractivity contribution in [3.8, 4) is 0 Å². The van der Waals surface area contributed by atoms with Gasteiger partial charge in [0.15, 0.2) is 5.82 Å². The Bertz CT molecular complexity index is 588. The maximum atomic E-state index is 11.9. The number of nitrogen functional groups attached to an aromatic ring is 1. The Labute approximate surface area is 117 Å². The predicted molar refractivity (Wildman–Crippen MR) is 73.5 cm³/mol. The van der Waals surface area contributed by atoms with Crippen LogP contribution >= 0.6 is 27.5 Å². The molecule has 0 aliphatic carbocycles. The number of carbonyl (C=O) groups is 1. The Morgan fingerprint density at radius 1 is 1.33 bits per heavy atom. The summed E-state index contributed by atoms with van der Waals surface area (Å²) < 4.78 is 0.586. The van der Waals surface area contributed by atoms with Gasteiger partial charge in [-0.1, -0.05) is 17.7 Å². The van der Waals surface area contributed by atoms with Gasteiger partial charge in [-0.2, -0.15) is 0 Å². The highest BCUT2D eigenvalue weighted by Gasteiger charge is 2.12. The van der Waals surface area contributed by atoms with Crippen molar-refractivity contribution >= 4 is 44.9 Å². The van der Waals surface area contributed by atoms with E-state index in [-0.39, 0.29) is 11.6 Å². The second-order valence-electron chi connectivity index (χ2n) is 3.38. The van der Waals surface area contributed by atoms with E-state index in [0.29, 0.717) is 21.0 Å². The van der Waals surface area contributed by atoms with Crippen LogP contribution in [0.25, 0.3) is 0 Å². The topological polar surface area (TPSA) is 80.9 Å². The summed E-state index contributed by atoms with van der Waals surface area (Å²) in [6, 6.07) is 4.86. The molecule has 0 spiro atoms. The van der Waals surface area contributed by atoms with Crippen molar-refractivity contribution in [2.24, 2.45) is 0 Å². The lowest BCUT2D eigenvalue weighted by atomic mass is 10.1. The van der Waals surface area contributed by atoms with Gasteiger partial charge in [0.1, 0.15) is 4.60 Å². The Morgan fingerprint density at radius 3 is 2.78 bits per heavy atom. The number of hydrogen-bond donors (Lipinski definition) is 2. The molecule has 1 heterocycles. The van der Waals surface area contributed by atoms with Gasteiger partial charge in [-0.15, -0.1) is 0 Å². The third-order valence-electron chi connectivity index (χ3n) is 2.16. The molecule has 0 fully saturated rings. The first-order valence-corrected chi connectivity index (χ1v) is 6.08. The van der Waals surface area contributed by atoms with Crippen molar-refractivity contribution in [2.75, 3.05) is 11.1 Å². The van der Waals surface area contributed by atoms with E-state index < -0.39 is 0 Å². The summed E-state index contributed by atoms with van der Waals surface area (Å²) in [6.45, 7) is 0. The molecule has 5 nitrogen and oxygen atoms in total. The quantitative estimate of drug-likeness (QED) is 0.831. The van der Waals surface area contributed by atoms with E-state index in [0.717, 1.165) is 0 Å². The molecule has 92 valence electrons. The molecule has 1 aromatic carbocycles. The first kappa shape index (κ1) is 12.8. The fourth-order valence-electron chi connectivity index (χ4n) is 1.30. The van der Waals surface area contributed by atoms with E-state index in [1.807, 2.05) is 0 Å². The largest absolute Gasteiger partial charge is 0.397 e. The molecule has 0 radical (unpaired) electrons. The second kappa shape index (κ2) is 5.32. The van der Waals surface area contributed by atoms with Gasteiger partial charge in [-0.3, -0.25) is 4.79 Å². The minimum atomic E-state index is -0.383. The molecule has 3 N–H and O–H groups in total. The smallest absolute Gasteiger partial charge is 0.259 e. The molecule has 0 unspecified atom stereocenters. The molecule has 0 saturated carbocycles. The zero-order chi connectivity index (χ0) is 13.1. The van der Waals surface area contributed by atoms with Crippen molar-refractivity contribution in [2.45, 2.75) is 0 Å². The van der Waals surface area contributed by atoms with Gasteiger partial charge in [0.05, 0.1) is 28.7 Å². The number of nitrogens with one attached hydrogen (secondary N) is 1. The van der Waals surface area contributed by atoms with Crippen molar-refractivity contribution in [3.63, 3.8) is 0 Å². The molecule has 2 aromatic rings. The summed E-state index contributed by atoms with van der Waals surface area (Å²) in [6.07, 6.45) is 2.92. The van der Waals surface area contributed by atoms with E-state index in [2.05, 4.69) is 31.2 Å². The van der Waals surface area contributed by atoms with Crippen molar-refractivity contribution in [1.29, 1.82) is 0 Å². The SMILES string of the molecule is Nc1c(Cl)cccc1C(=O)Nc1cnc(Br)cn1. The molecule has 0 atom stereocenters. The Kier molecular flexibility index (Phi) is 3.78. The number of halogens is 2. The summed E-state index contributed by atoms with van der Waals surface area (Å²) in [5.41, 5.74) is 6.26. The fourth-order valence-corrected chi connectivity index (χ4v) is 1.67. The molecule has 0 bridgehead atoms. The van der Waals surface area contributed by atoms with Crippen LogP contribution in [-0.4, -0.2) is 15.9 Å². The predicted octanol–water partition coefficient (Wildman–Crippen LogP) is 2.73. The summed E-state index contributed by atoms with van der Waals surface area (Å²) in [4.78, 5) is 19.9. The van der Waals surface area contributed by atoms with Crippen LogP contribution in [0.3, 0.4) is 0 Å². The van der Waals surface area contributed by atoms with Gasteiger partial charge in [-0.05, 0) is 28.1 Å². The van der Waals surface area contributed by atoms with Crippen LogP contribution in [0.2, 0.25) is 5.02 Å². The van der Waals surface area contributed by atoms with Gasteiger partial charge in [0, 0.05) is 0 Å². The number of anilines is 2. The number of nitrogens with zero attached hydrogens (tertiary/aromatic N) is 2. The molecule has 0 aliphatic rings. The Hall–Kier alpha value is -1.66. The highest BCUT2D eigenvalue weighted by atomic mass is 79.9. The average molecular weight is 328 g/mol. The highest BCUT2D eigenvalue weighted by molar-refractivity contribution is 9.10. The molecule has 2 rings (SSSR count). The lowest BCUT2D eigenvalue weighted by molar-refractivity contribution is 0.102. The van der Waals surface area contributed by atoms with Crippen LogP contribution in [-0.2, 0) is 0 Å². The summed E-state index contributed by atoms with van der Waals surface area (Å²) in [5, 5.41) is 2.92. The molecule has 0 aliphatic heterocycles. The molecule has 7 heteroatoms. The maximum absolute atomic E-state index is 11.9. The first-order valence-electron chi connectivity index (χ1n) is 4.91. The third kappa shape index (κ3) is 2.77. The Morgan fingerprint density at radius 2 is 2.11 bits per heavy atom. The number of aromatic nitrogens is 2. The fraction of sp³-hybridized carbons (Fsp3) is 0. The number of para-hydroxylation sites is 1. The van der Waals surface area contributed by atoms with Gasteiger partial charge in [-0.25, -0.2) is 9.97 Å². The van der Waals surface area contributed by atoms with Crippen molar-refractivity contribution < 1.29 is 4.79 Å². The van der Waals surface area contributed by atoms with Crippen molar-refractivity contribution in [3.05, 3.63) is 45.8 Å². The van der Waals surface area contributed by atoms with Gasteiger partial charge < -0.3 is 11.1 Å². The normalized spacial score (nSPS) is 10.1. The van der Waals surface area contributed by atoms with Crippen LogP contribution in [0.15, 0.2) is 35.2 Å². The zero-order valence-electron chi connectivity index (χ0n) is 9.02. The van der Waals surface area contributed by atoms with Crippen molar-refractivity contribution in [1.82, 2.24) is 9.97 Å². The van der Waals surface area contributed by atoms with Crippen LogP contribution in [0.5, 0.6) is 0 Å². The second-order valence-corrected chi connectivity index (χ2v) is 4.60. The lowest BCUT2D eigenvalue weighted by Crippen LogP contribution is -2.15. The van der Waals surface area contributed by atoms with E-state index >= 15 is 0 Å². The van der Waals surface area contributed by atoms with Crippen LogP contribution in [0.1, 0.15) is 10.4 Å². The molecular weight excluding hydrogens is 320 g/mol. The standard InChI is InChI=1S/C11H8BrClN4O/c12-8-4-16-9(5-15-8)17-11(18)6-2-1-3-7(13)10(6)14/h1-5H,14H2,(H,16,17,18). The molecule has 1 amide bonds. The molecule has 1 aromatic heterocycles. The summed E-state index contributed by atoms with van der Waals surface area (Å²) >= 11 is 9.00. The molecular formula is C11H8BrClN4O. The number of hydrogen-bond acceptors (Lipinski definition) is 4. The van der Waals surface area contributed by atoms with E-state index in [9.17, 15) is 4.79 Å². The average Bonchev–Trinajstić information content (AvgIpc) is 2.35. The lowest BCUT2D eigenvalue weighted by Gasteiger charge is -2.07.